The van der Waals surface area contributed by atoms with Gasteiger partial charge in [-0.2, -0.15) is 0 Å². The van der Waals surface area contributed by atoms with Crippen LogP contribution in [0.5, 0.6) is 17.2 Å². The maximum absolute atomic E-state index is 12.5. The van der Waals surface area contributed by atoms with Crippen molar-refractivity contribution in [3.8, 4) is 17.2 Å². The van der Waals surface area contributed by atoms with Gasteiger partial charge in [0, 0.05) is 29.2 Å². The fourth-order valence-corrected chi connectivity index (χ4v) is 2.76. The molecule has 0 unspecified atom stereocenters. The summed E-state index contributed by atoms with van der Waals surface area (Å²) in [5.41, 5.74) is 1.49. The van der Waals surface area contributed by atoms with E-state index in [1.807, 2.05) is 6.07 Å². The molecule has 9 heteroatoms. The molecular formula is C19H15ClN4O4. The average molecular weight is 399 g/mol. The third-order valence-corrected chi connectivity index (χ3v) is 4.19. The number of methoxy groups -OCH3 is 1. The average Bonchev–Trinajstić information content (AvgIpc) is 3.16. The van der Waals surface area contributed by atoms with Gasteiger partial charge in [-0.3, -0.25) is 4.79 Å². The van der Waals surface area contributed by atoms with Gasteiger partial charge in [0.05, 0.1) is 18.4 Å². The Morgan fingerprint density at radius 1 is 1.11 bits per heavy atom. The number of anilines is 3. The molecule has 8 nitrogen and oxygen atoms in total. The molecule has 0 atom stereocenters. The summed E-state index contributed by atoms with van der Waals surface area (Å²) in [6, 6.07) is 10.4. The van der Waals surface area contributed by atoms with Gasteiger partial charge >= 0.3 is 0 Å². The highest BCUT2D eigenvalue weighted by Gasteiger charge is 2.14. The third-order valence-electron chi connectivity index (χ3n) is 3.95. The molecule has 2 aromatic carbocycles. The van der Waals surface area contributed by atoms with Crippen LogP contribution in [0.1, 0.15) is 10.4 Å². The number of hydrogen-bond acceptors (Lipinski definition) is 7. The summed E-state index contributed by atoms with van der Waals surface area (Å²) in [4.78, 5) is 20.8. The van der Waals surface area contributed by atoms with Crippen LogP contribution in [-0.2, 0) is 0 Å². The zero-order valence-corrected chi connectivity index (χ0v) is 15.5. The summed E-state index contributed by atoms with van der Waals surface area (Å²) < 4.78 is 15.8. The smallest absolute Gasteiger partial charge is 0.258 e. The van der Waals surface area contributed by atoms with Gasteiger partial charge in [-0.1, -0.05) is 11.6 Å². The van der Waals surface area contributed by atoms with Gasteiger partial charge in [0.25, 0.3) is 5.91 Å². The molecular weight excluding hydrogens is 384 g/mol. The Kier molecular flexibility index (Phi) is 4.86. The van der Waals surface area contributed by atoms with Crippen molar-refractivity contribution >= 4 is 34.8 Å². The molecule has 0 aliphatic carbocycles. The van der Waals surface area contributed by atoms with Crippen LogP contribution >= 0.6 is 11.6 Å². The normalized spacial score (nSPS) is 11.8. The van der Waals surface area contributed by atoms with Crippen molar-refractivity contribution in [3.63, 3.8) is 0 Å². The number of nitrogens with one attached hydrogen (secondary N) is 2. The molecule has 28 heavy (non-hydrogen) atoms. The third kappa shape index (κ3) is 3.77. The number of benzene rings is 2. The van der Waals surface area contributed by atoms with Crippen molar-refractivity contribution in [2.45, 2.75) is 0 Å². The second-order valence-corrected chi connectivity index (χ2v) is 6.22. The van der Waals surface area contributed by atoms with Crippen molar-refractivity contribution < 1.29 is 19.0 Å². The van der Waals surface area contributed by atoms with Gasteiger partial charge < -0.3 is 24.8 Å². The van der Waals surface area contributed by atoms with E-state index >= 15 is 0 Å². The molecule has 0 fully saturated rings. The first-order valence-electron chi connectivity index (χ1n) is 8.26. The van der Waals surface area contributed by atoms with Gasteiger partial charge in [0.2, 0.25) is 12.7 Å². The van der Waals surface area contributed by atoms with E-state index in [1.165, 1.54) is 19.5 Å². The minimum absolute atomic E-state index is 0.205. The number of carbonyl (C=O) groups excluding carboxylic acids is 1. The molecule has 2 N–H and O–H groups in total. The molecule has 0 bridgehead atoms. The summed E-state index contributed by atoms with van der Waals surface area (Å²) in [6.45, 7) is 0.205. The van der Waals surface area contributed by atoms with E-state index in [2.05, 4.69) is 20.6 Å². The van der Waals surface area contributed by atoms with E-state index in [0.717, 1.165) is 5.69 Å². The lowest BCUT2D eigenvalue weighted by atomic mass is 10.2. The minimum atomic E-state index is -0.379. The van der Waals surface area contributed by atoms with Crippen LogP contribution in [0.4, 0.5) is 17.3 Å². The molecule has 2 heterocycles. The zero-order chi connectivity index (χ0) is 19.5. The topological polar surface area (TPSA) is 94.6 Å². The molecule has 0 spiro atoms. The second kappa shape index (κ2) is 7.61. The molecule has 1 amide bonds. The van der Waals surface area contributed by atoms with Gasteiger partial charge in [-0.25, -0.2) is 9.97 Å². The van der Waals surface area contributed by atoms with Gasteiger partial charge in [0.15, 0.2) is 11.5 Å². The van der Waals surface area contributed by atoms with E-state index in [-0.39, 0.29) is 12.7 Å². The lowest BCUT2D eigenvalue weighted by Crippen LogP contribution is -2.13. The van der Waals surface area contributed by atoms with Crippen molar-refractivity contribution in [2.75, 3.05) is 24.5 Å². The van der Waals surface area contributed by atoms with Crippen LogP contribution in [0.2, 0.25) is 5.02 Å². The molecule has 0 saturated carbocycles. The highest BCUT2D eigenvalue weighted by molar-refractivity contribution is 6.31. The lowest BCUT2D eigenvalue weighted by Gasteiger charge is -2.10. The van der Waals surface area contributed by atoms with Crippen LogP contribution < -0.4 is 24.8 Å². The number of fused-ring (bicyclic) bond motifs is 1. The molecule has 1 aliphatic heterocycles. The number of halogens is 1. The Labute approximate surface area is 165 Å². The fourth-order valence-electron chi connectivity index (χ4n) is 2.59. The van der Waals surface area contributed by atoms with Crippen LogP contribution in [0.15, 0.2) is 48.8 Å². The van der Waals surface area contributed by atoms with E-state index in [9.17, 15) is 4.79 Å². The van der Waals surface area contributed by atoms with Gasteiger partial charge in [0.1, 0.15) is 5.75 Å². The quantitative estimate of drug-likeness (QED) is 0.673. The highest BCUT2D eigenvalue weighted by atomic mass is 35.5. The van der Waals surface area contributed by atoms with Crippen LogP contribution in [-0.4, -0.2) is 29.8 Å². The Morgan fingerprint density at radius 2 is 1.89 bits per heavy atom. The predicted molar refractivity (Wildman–Crippen MR) is 104 cm³/mol. The molecule has 1 aromatic heterocycles. The van der Waals surface area contributed by atoms with E-state index < -0.39 is 0 Å². The Hall–Kier alpha value is -3.52. The first-order chi connectivity index (χ1) is 13.6. The highest BCUT2D eigenvalue weighted by Crippen LogP contribution is 2.34. The van der Waals surface area contributed by atoms with Crippen molar-refractivity contribution in [1.29, 1.82) is 0 Å². The molecule has 0 saturated heterocycles. The number of carbonyl (C=O) groups is 1. The summed E-state index contributed by atoms with van der Waals surface area (Å²) in [5, 5.41) is 6.27. The van der Waals surface area contributed by atoms with Crippen molar-refractivity contribution in [2.24, 2.45) is 0 Å². The first-order valence-corrected chi connectivity index (χ1v) is 8.64. The standard InChI is InChI=1S/C19H15ClN4O4/c1-26-15-4-2-12(20)6-14(15)24-18(25)11-8-21-19(22-9-11)23-13-3-5-16-17(7-13)28-10-27-16/h2-9H,10H2,1H3,(H,24,25)(H,21,22,23). The van der Waals surface area contributed by atoms with Crippen LogP contribution in [0, 0.1) is 0 Å². The molecule has 4 rings (SSSR count). The Morgan fingerprint density at radius 3 is 2.68 bits per heavy atom. The van der Waals surface area contributed by atoms with Crippen molar-refractivity contribution in [1.82, 2.24) is 9.97 Å². The number of nitrogens with zero attached hydrogens (tertiary/aromatic N) is 2. The Balaban J connectivity index is 1.46. The maximum atomic E-state index is 12.5. The first kappa shape index (κ1) is 17.9. The molecule has 0 radical (unpaired) electrons. The number of ether oxygens (including phenoxy) is 3. The fraction of sp³-hybridized carbons (Fsp3) is 0.105. The zero-order valence-electron chi connectivity index (χ0n) is 14.7. The maximum Gasteiger partial charge on any atom is 0.258 e. The van der Waals surface area contributed by atoms with E-state index in [0.29, 0.717) is 39.5 Å². The van der Waals surface area contributed by atoms with E-state index in [4.69, 9.17) is 25.8 Å². The van der Waals surface area contributed by atoms with Gasteiger partial charge in [-0.15, -0.1) is 0 Å². The SMILES string of the molecule is COc1ccc(Cl)cc1NC(=O)c1cnc(Nc2ccc3c(c2)OCO3)nc1. The lowest BCUT2D eigenvalue weighted by molar-refractivity contribution is 0.102. The second-order valence-electron chi connectivity index (χ2n) is 5.79. The predicted octanol–water partition coefficient (Wildman–Crippen LogP) is 3.86. The largest absolute Gasteiger partial charge is 0.495 e. The number of aromatic nitrogens is 2. The summed E-state index contributed by atoms with van der Waals surface area (Å²) in [5.74, 6) is 1.80. The molecule has 1 aliphatic rings. The van der Waals surface area contributed by atoms with Crippen molar-refractivity contribution in [3.05, 3.63) is 59.4 Å². The number of amides is 1. The summed E-state index contributed by atoms with van der Waals surface area (Å²) in [6.07, 6.45) is 2.85. The number of rotatable bonds is 5. The van der Waals surface area contributed by atoms with Crippen LogP contribution in [0.25, 0.3) is 0 Å². The van der Waals surface area contributed by atoms with E-state index in [1.54, 1.807) is 30.3 Å². The molecule has 3 aromatic rings. The monoisotopic (exact) mass is 398 g/mol. The molecule has 142 valence electrons. The van der Waals surface area contributed by atoms with Crippen LogP contribution in [0.3, 0.4) is 0 Å². The van der Waals surface area contributed by atoms with Gasteiger partial charge in [-0.05, 0) is 30.3 Å². The summed E-state index contributed by atoms with van der Waals surface area (Å²) in [7, 11) is 1.51. The number of hydrogen-bond donors (Lipinski definition) is 2. The Bertz CT molecular complexity index is 1030. The minimum Gasteiger partial charge on any atom is -0.495 e. The summed E-state index contributed by atoms with van der Waals surface area (Å²) >= 11 is 5.98.